The van der Waals surface area contributed by atoms with Gasteiger partial charge in [-0.3, -0.25) is 4.79 Å². The lowest BCUT2D eigenvalue weighted by Gasteiger charge is -2.07. The number of hydrogen-bond acceptors (Lipinski definition) is 4. The number of rotatable bonds is 6. The van der Waals surface area contributed by atoms with Gasteiger partial charge >= 0.3 is 5.97 Å². The van der Waals surface area contributed by atoms with E-state index < -0.39 is 5.97 Å². The number of amides is 1. The molecule has 0 aliphatic carbocycles. The van der Waals surface area contributed by atoms with Crippen LogP contribution >= 0.6 is 11.6 Å². The average molecular weight is 272 g/mol. The van der Waals surface area contributed by atoms with E-state index in [1.807, 2.05) is 6.07 Å². The molecule has 0 saturated heterocycles. The minimum absolute atomic E-state index is 0.0709. The third-order valence-electron chi connectivity index (χ3n) is 2.09. The van der Waals surface area contributed by atoms with E-state index in [1.54, 1.807) is 18.2 Å². The molecule has 0 aliphatic heterocycles. The van der Waals surface area contributed by atoms with Gasteiger partial charge in [-0.15, -0.1) is 11.6 Å². The molecule has 0 saturated carbocycles. The molecule has 0 atom stereocenters. The third-order valence-corrected chi connectivity index (χ3v) is 2.34. The highest BCUT2D eigenvalue weighted by Crippen LogP contribution is 2.13. The fourth-order valence-corrected chi connectivity index (χ4v) is 1.29. The Balaban J connectivity index is 2.51. The topological polar surface area (TPSA) is 64.6 Å². The summed E-state index contributed by atoms with van der Waals surface area (Å²) in [6.45, 7) is 0.217. The number of ether oxygens (including phenoxy) is 2. The highest BCUT2D eigenvalue weighted by molar-refractivity contribution is 6.27. The van der Waals surface area contributed by atoms with E-state index in [0.29, 0.717) is 12.3 Å². The van der Waals surface area contributed by atoms with Crippen molar-refractivity contribution in [1.82, 2.24) is 5.32 Å². The zero-order chi connectivity index (χ0) is 13.4. The van der Waals surface area contributed by atoms with Crippen molar-refractivity contribution < 1.29 is 19.1 Å². The molecule has 0 bridgehead atoms. The summed E-state index contributed by atoms with van der Waals surface area (Å²) in [5.74, 6) is -0.218. The molecule has 1 rings (SSSR count). The van der Waals surface area contributed by atoms with Crippen LogP contribution in [0, 0.1) is 0 Å². The Hall–Kier alpha value is -1.75. The lowest BCUT2D eigenvalue weighted by molar-refractivity contribution is -0.142. The van der Waals surface area contributed by atoms with Crippen molar-refractivity contribution in [3.05, 3.63) is 29.8 Å². The SMILES string of the molecule is COC(=O)COc1cccc(CNC(=O)CCl)c1. The molecule has 0 radical (unpaired) electrons. The van der Waals surface area contributed by atoms with Crippen LogP contribution in [0.1, 0.15) is 5.56 Å². The zero-order valence-corrected chi connectivity index (χ0v) is 10.7. The number of carbonyl (C=O) groups is 2. The van der Waals surface area contributed by atoms with Gasteiger partial charge in [0.1, 0.15) is 11.6 Å². The summed E-state index contributed by atoms with van der Waals surface area (Å²) in [6, 6.07) is 7.06. The first-order valence-electron chi connectivity index (χ1n) is 5.27. The van der Waals surface area contributed by atoms with Gasteiger partial charge in [-0.2, -0.15) is 0 Å². The predicted octanol–water partition coefficient (Wildman–Crippen LogP) is 1.09. The minimum Gasteiger partial charge on any atom is -0.482 e. The monoisotopic (exact) mass is 271 g/mol. The minimum atomic E-state index is -0.448. The van der Waals surface area contributed by atoms with Crippen molar-refractivity contribution in [2.24, 2.45) is 0 Å². The number of nitrogens with one attached hydrogen (secondary N) is 1. The Morgan fingerprint density at radius 1 is 1.39 bits per heavy atom. The summed E-state index contributed by atoms with van der Waals surface area (Å²) >= 11 is 5.36. The van der Waals surface area contributed by atoms with Crippen LogP contribution in [0.25, 0.3) is 0 Å². The molecule has 98 valence electrons. The normalized spacial score (nSPS) is 9.67. The number of carbonyl (C=O) groups excluding carboxylic acids is 2. The maximum Gasteiger partial charge on any atom is 0.343 e. The fourth-order valence-electron chi connectivity index (χ4n) is 1.19. The molecular weight excluding hydrogens is 258 g/mol. The van der Waals surface area contributed by atoms with Crippen molar-refractivity contribution in [3.8, 4) is 5.75 Å². The summed E-state index contributed by atoms with van der Waals surface area (Å²) in [6.07, 6.45) is 0. The van der Waals surface area contributed by atoms with E-state index in [1.165, 1.54) is 7.11 Å². The Kier molecular flexibility index (Phi) is 6.00. The van der Waals surface area contributed by atoms with Crippen molar-refractivity contribution in [1.29, 1.82) is 0 Å². The Morgan fingerprint density at radius 3 is 2.83 bits per heavy atom. The highest BCUT2D eigenvalue weighted by Gasteiger charge is 2.03. The van der Waals surface area contributed by atoms with Crippen molar-refractivity contribution in [2.45, 2.75) is 6.54 Å². The largest absolute Gasteiger partial charge is 0.482 e. The molecule has 1 amide bonds. The first-order chi connectivity index (χ1) is 8.65. The molecule has 0 aliphatic rings. The smallest absolute Gasteiger partial charge is 0.343 e. The van der Waals surface area contributed by atoms with Gasteiger partial charge in [-0.25, -0.2) is 4.79 Å². The van der Waals surface area contributed by atoms with Gasteiger partial charge in [-0.05, 0) is 17.7 Å². The number of alkyl halides is 1. The average Bonchev–Trinajstić information content (AvgIpc) is 2.42. The van der Waals surface area contributed by atoms with Crippen LogP contribution in [-0.4, -0.2) is 31.5 Å². The standard InChI is InChI=1S/C12H14ClNO4/c1-17-12(16)8-18-10-4-2-3-9(5-10)7-14-11(15)6-13/h2-5H,6-8H2,1H3,(H,14,15). The molecular formula is C12H14ClNO4. The van der Waals surface area contributed by atoms with Gasteiger partial charge in [0.25, 0.3) is 0 Å². The predicted molar refractivity (Wildman–Crippen MR) is 66.5 cm³/mol. The van der Waals surface area contributed by atoms with Crippen LogP contribution in [0.2, 0.25) is 0 Å². The molecule has 6 heteroatoms. The van der Waals surface area contributed by atoms with E-state index in [4.69, 9.17) is 16.3 Å². The second-order valence-electron chi connectivity index (χ2n) is 3.42. The Morgan fingerprint density at radius 2 is 2.17 bits per heavy atom. The Bertz CT molecular complexity index is 387. The van der Waals surface area contributed by atoms with Crippen molar-refractivity contribution >= 4 is 23.5 Å². The summed E-state index contributed by atoms with van der Waals surface area (Å²) in [4.78, 5) is 21.9. The lowest BCUT2D eigenvalue weighted by Crippen LogP contribution is -2.23. The quantitative estimate of drug-likeness (QED) is 0.621. The van der Waals surface area contributed by atoms with Gasteiger partial charge in [0.2, 0.25) is 5.91 Å². The number of benzene rings is 1. The molecule has 0 unspecified atom stereocenters. The number of hydrogen-bond donors (Lipinski definition) is 1. The molecule has 18 heavy (non-hydrogen) atoms. The summed E-state index contributed by atoms with van der Waals surface area (Å²) in [5, 5.41) is 2.63. The van der Waals surface area contributed by atoms with Crippen LogP contribution in [0.5, 0.6) is 5.75 Å². The van der Waals surface area contributed by atoms with Crippen LogP contribution in [0.3, 0.4) is 0 Å². The second kappa shape index (κ2) is 7.55. The maximum absolute atomic E-state index is 11.0. The Labute approximate surface area is 110 Å². The van der Waals surface area contributed by atoms with E-state index in [9.17, 15) is 9.59 Å². The lowest BCUT2D eigenvalue weighted by atomic mass is 10.2. The molecule has 5 nitrogen and oxygen atoms in total. The number of halogens is 1. The fraction of sp³-hybridized carbons (Fsp3) is 0.333. The third kappa shape index (κ3) is 5.05. The van der Waals surface area contributed by atoms with Gasteiger partial charge in [0, 0.05) is 6.54 Å². The van der Waals surface area contributed by atoms with E-state index >= 15 is 0 Å². The van der Waals surface area contributed by atoms with Gasteiger partial charge < -0.3 is 14.8 Å². The van der Waals surface area contributed by atoms with Crippen LogP contribution in [0.15, 0.2) is 24.3 Å². The number of methoxy groups -OCH3 is 1. The van der Waals surface area contributed by atoms with Crippen LogP contribution < -0.4 is 10.1 Å². The number of esters is 1. The molecule has 1 aromatic carbocycles. The first-order valence-corrected chi connectivity index (χ1v) is 5.80. The maximum atomic E-state index is 11.0. The van der Waals surface area contributed by atoms with Crippen LogP contribution in [-0.2, 0) is 20.9 Å². The van der Waals surface area contributed by atoms with Crippen LogP contribution in [0.4, 0.5) is 0 Å². The summed E-state index contributed by atoms with van der Waals surface area (Å²) in [5.41, 5.74) is 0.857. The van der Waals surface area contributed by atoms with Crippen molar-refractivity contribution in [2.75, 3.05) is 19.6 Å². The molecule has 0 spiro atoms. The summed E-state index contributed by atoms with van der Waals surface area (Å²) in [7, 11) is 1.30. The second-order valence-corrected chi connectivity index (χ2v) is 3.69. The van der Waals surface area contributed by atoms with Gasteiger partial charge in [0.05, 0.1) is 7.11 Å². The molecule has 1 aromatic rings. The molecule has 1 N–H and O–H groups in total. The molecule has 0 heterocycles. The van der Waals surface area contributed by atoms with Gasteiger partial charge in [0.15, 0.2) is 6.61 Å². The highest BCUT2D eigenvalue weighted by atomic mass is 35.5. The zero-order valence-electron chi connectivity index (χ0n) is 9.94. The van der Waals surface area contributed by atoms with E-state index in [2.05, 4.69) is 10.1 Å². The molecule has 0 aromatic heterocycles. The van der Waals surface area contributed by atoms with E-state index in [-0.39, 0.29) is 18.4 Å². The van der Waals surface area contributed by atoms with Crippen molar-refractivity contribution in [3.63, 3.8) is 0 Å². The van der Waals surface area contributed by atoms with E-state index in [0.717, 1.165) is 5.56 Å². The first kappa shape index (κ1) is 14.3. The molecule has 0 fully saturated rings. The summed E-state index contributed by atoms with van der Waals surface area (Å²) < 4.78 is 9.68. The van der Waals surface area contributed by atoms with Gasteiger partial charge in [-0.1, -0.05) is 12.1 Å².